The highest BCUT2D eigenvalue weighted by molar-refractivity contribution is 4.93. The van der Waals surface area contributed by atoms with Crippen LogP contribution in [0.5, 0.6) is 0 Å². The van der Waals surface area contributed by atoms with Gasteiger partial charge in [0.2, 0.25) is 0 Å². The summed E-state index contributed by atoms with van der Waals surface area (Å²) in [7, 11) is 1.99. The SMILES string of the molecule is CCCn1ncnc1CC(NC)C(OCC)C(C)C. The Kier molecular flexibility index (Phi) is 7.02. The summed E-state index contributed by atoms with van der Waals surface area (Å²) >= 11 is 0. The molecule has 0 aliphatic carbocycles. The molecule has 0 aliphatic heterocycles. The van der Waals surface area contributed by atoms with Crippen LogP contribution in [0.2, 0.25) is 0 Å². The van der Waals surface area contributed by atoms with Crippen LogP contribution >= 0.6 is 0 Å². The fraction of sp³-hybridized carbons (Fsp3) is 0.857. The Hall–Kier alpha value is -0.940. The molecule has 0 spiro atoms. The summed E-state index contributed by atoms with van der Waals surface area (Å²) < 4.78 is 7.88. The molecule has 0 radical (unpaired) electrons. The van der Waals surface area contributed by atoms with E-state index in [4.69, 9.17) is 4.74 Å². The van der Waals surface area contributed by atoms with Crippen molar-refractivity contribution in [3.05, 3.63) is 12.2 Å². The zero-order valence-corrected chi connectivity index (χ0v) is 12.9. The van der Waals surface area contributed by atoms with Gasteiger partial charge < -0.3 is 10.1 Å². The molecule has 0 amide bonds. The summed E-state index contributed by atoms with van der Waals surface area (Å²) in [6, 6.07) is 0.264. The lowest BCUT2D eigenvalue weighted by atomic mass is 9.96. The Morgan fingerprint density at radius 2 is 2.11 bits per heavy atom. The van der Waals surface area contributed by atoms with Crippen molar-refractivity contribution < 1.29 is 4.74 Å². The predicted octanol–water partition coefficient (Wildman–Crippen LogP) is 1.88. The van der Waals surface area contributed by atoms with E-state index in [0.29, 0.717) is 5.92 Å². The Morgan fingerprint density at radius 3 is 2.63 bits per heavy atom. The van der Waals surface area contributed by atoms with Crippen LogP contribution in [0.25, 0.3) is 0 Å². The van der Waals surface area contributed by atoms with Crippen LogP contribution in [-0.4, -0.2) is 40.6 Å². The van der Waals surface area contributed by atoms with E-state index in [9.17, 15) is 0 Å². The molecule has 1 aromatic heterocycles. The monoisotopic (exact) mass is 268 g/mol. The van der Waals surface area contributed by atoms with Gasteiger partial charge >= 0.3 is 0 Å². The van der Waals surface area contributed by atoms with Crippen LogP contribution in [0.4, 0.5) is 0 Å². The number of hydrogen-bond donors (Lipinski definition) is 1. The number of aromatic nitrogens is 3. The molecule has 2 unspecified atom stereocenters. The second kappa shape index (κ2) is 8.27. The number of rotatable bonds is 9. The molecule has 19 heavy (non-hydrogen) atoms. The van der Waals surface area contributed by atoms with Gasteiger partial charge in [-0.2, -0.15) is 5.10 Å². The number of hydrogen-bond acceptors (Lipinski definition) is 4. The van der Waals surface area contributed by atoms with Gasteiger partial charge in [-0.25, -0.2) is 4.98 Å². The minimum atomic E-state index is 0.196. The van der Waals surface area contributed by atoms with E-state index >= 15 is 0 Å². The van der Waals surface area contributed by atoms with Crippen molar-refractivity contribution in [2.75, 3.05) is 13.7 Å². The van der Waals surface area contributed by atoms with Crippen LogP contribution < -0.4 is 5.32 Å². The highest BCUT2D eigenvalue weighted by Crippen LogP contribution is 2.14. The predicted molar refractivity (Wildman–Crippen MR) is 77.1 cm³/mol. The third-order valence-electron chi connectivity index (χ3n) is 3.32. The van der Waals surface area contributed by atoms with Crippen LogP contribution in [-0.2, 0) is 17.7 Å². The average molecular weight is 268 g/mol. The molecular formula is C14H28N4O. The lowest BCUT2D eigenvalue weighted by Crippen LogP contribution is -2.44. The average Bonchev–Trinajstić information content (AvgIpc) is 2.81. The summed E-state index contributed by atoms with van der Waals surface area (Å²) in [6.07, 6.45) is 3.75. The Balaban J connectivity index is 2.76. The van der Waals surface area contributed by atoms with Gasteiger partial charge in [-0.3, -0.25) is 4.68 Å². The Morgan fingerprint density at radius 1 is 1.37 bits per heavy atom. The van der Waals surface area contributed by atoms with E-state index in [2.05, 4.69) is 36.2 Å². The second-order valence-corrected chi connectivity index (χ2v) is 5.16. The third-order valence-corrected chi connectivity index (χ3v) is 3.32. The Labute approximate surface area is 116 Å². The van der Waals surface area contributed by atoms with E-state index in [0.717, 1.165) is 31.8 Å². The fourth-order valence-corrected chi connectivity index (χ4v) is 2.39. The quantitative estimate of drug-likeness (QED) is 0.743. The molecule has 5 heteroatoms. The first-order valence-electron chi connectivity index (χ1n) is 7.29. The maximum absolute atomic E-state index is 5.89. The molecular weight excluding hydrogens is 240 g/mol. The molecule has 0 aliphatic rings. The largest absolute Gasteiger partial charge is 0.377 e. The van der Waals surface area contributed by atoms with Gasteiger partial charge in [-0.1, -0.05) is 20.8 Å². The van der Waals surface area contributed by atoms with Gasteiger partial charge in [0.15, 0.2) is 0 Å². The van der Waals surface area contributed by atoms with E-state index < -0.39 is 0 Å². The van der Waals surface area contributed by atoms with Crippen LogP contribution in [0.15, 0.2) is 6.33 Å². The van der Waals surface area contributed by atoms with Gasteiger partial charge in [0, 0.05) is 25.6 Å². The first-order chi connectivity index (χ1) is 9.13. The Bertz CT molecular complexity index is 351. The number of nitrogens with zero attached hydrogens (tertiary/aromatic N) is 3. The maximum atomic E-state index is 5.89. The van der Waals surface area contributed by atoms with Crippen LogP contribution in [0.1, 0.15) is 39.9 Å². The zero-order chi connectivity index (χ0) is 14.3. The number of aryl methyl sites for hydroxylation is 1. The number of ether oxygens (including phenoxy) is 1. The second-order valence-electron chi connectivity index (χ2n) is 5.16. The van der Waals surface area contributed by atoms with Crippen molar-refractivity contribution in [2.45, 2.75) is 59.2 Å². The first-order valence-corrected chi connectivity index (χ1v) is 7.29. The first kappa shape index (κ1) is 16.1. The minimum absolute atomic E-state index is 0.196. The molecule has 0 saturated carbocycles. The van der Waals surface area contributed by atoms with Crippen LogP contribution in [0, 0.1) is 5.92 Å². The van der Waals surface area contributed by atoms with Gasteiger partial charge in [-0.15, -0.1) is 0 Å². The van der Waals surface area contributed by atoms with E-state index in [1.54, 1.807) is 6.33 Å². The molecule has 0 aromatic carbocycles. The molecule has 0 bridgehead atoms. The van der Waals surface area contributed by atoms with Crippen molar-refractivity contribution in [2.24, 2.45) is 5.92 Å². The minimum Gasteiger partial charge on any atom is -0.377 e. The topological polar surface area (TPSA) is 52.0 Å². The smallest absolute Gasteiger partial charge is 0.138 e. The molecule has 110 valence electrons. The summed E-state index contributed by atoms with van der Waals surface area (Å²) in [4.78, 5) is 4.38. The summed E-state index contributed by atoms with van der Waals surface area (Å²) in [5, 5.41) is 7.65. The van der Waals surface area contributed by atoms with Crippen molar-refractivity contribution in [3.8, 4) is 0 Å². The molecule has 1 heterocycles. The molecule has 2 atom stereocenters. The van der Waals surface area contributed by atoms with Crippen molar-refractivity contribution in [3.63, 3.8) is 0 Å². The maximum Gasteiger partial charge on any atom is 0.138 e. The highest BCUT2D eigenvalue weighted by atomic mass is 16.5. The van der Waals surface area contributed by atoms with Gasteiger partial charge in [0.1, 0.15) is 12.2 Å². The van der Waals surface area contributed by atoms with Crippen LogP contribution in [0.3, 0.4) is 0 Å². The third kappa shape index (κ3) is 4.58. The van der Waals surface area contributed by atoms with Crippen molar-refractivity contribution in [1.29, 1.82) is 0 Å². The summed E-state index contributed by atoms with van der Waals surface area (Å²) in [5.41, 5.74) is 0. The highest BCUT2D eigenvalue weighted by Gasteiger charge is 2.25. The molecule has 1 N–H and O–H groups in total. The van der Waals surface area contributed by atoms with Gasteiger partial charge in [-0.05, 0) is 26.3 Å². The molecule has 5 nitrogen and oxygen atoms in total. The zero-order valence-electron chi connectivity index (χ0n) is 12.9. The van der Waals surface area contributed by atoms with E-state index in [1.807, 2.05) is 18.7 Å². The number of likely N-dealkylation sites (N-methyl/N-ethyl adjacent to an activating group) is 1. The van der Waals surface area contributed by atoms with Gasteiger partial charge in [0.25, 0.3) is 0 Å². The van der Waals surface area contributed by atoms with Gasteiger partial charge in [0.05, 0.1) is 6.10 Å². The fourth-order valence-electron chi connectivity index (χ4n) is 2.39. The lowest BCUT2D eigenvalue weighted by Gasteiger charge is -2.29. The van der Waals surface area contributed by atoms with E-state index in [-0.39, 0.29) is 12.1 Å². The molecule has 0 saturated heterocycles. The van der Waals surface area contributed by atoms with E-state index in [1.165, 1.54) is 0 Å². The molecule has 1 aromatic rings. The summed E-state index contributed by atoms with van der Waals surface area (Å²) in [5.74, 6) is 1.51. The van der Waals surface area contributed by atoms with Crippen molar-refractivity contribution in [1.82, 2.24) is 20.1 Å². The molecule has 0 fully saturated rings. The number of nitrogens with one attached hydrogen (secondary N) is 1. The summed E-state index contributed by atoms with van der Waals surface area (Å²) in [6.45, 7) is 10.2. The standard InChI is InChI=1S/C14H28N4O/c1-6-8-18-13(16-10-17-18)9-12(15-5)14(11(3)4)19-7-2/h10-12,14-15H,6-9H2,1-5H3. The van der Waals surface area contributed by atoms with Crippen molar-refractivity contribution >= 4 is 0 Å². The lowest BCUT2D eigenvalue weighted by molar-refractivity contribution is 0.00469. The molecule has 1 rings (SSSR count). The normalized spacial score (nSPS) is 14.8.